The number of anilines is 1. The van der Waals surface area contributed by atoms with E-state index in [1.165, 1.54) is 0 Å². The molecule has 20 heavy (non-hydrogen) atoms. The van der Waals surface area contributed by atoms with Crippen LogP contribution in [0.4, 0.5) is 5.69 Å². The molecule has 0 saturated heterocycles. The van der Waals surface area contributed by atoms with Gasteiger partial charge in [0.05, 0.1) is 6.61 Å². The minimum Gasteiger partial charge on any atom is -0.396 e. The molecule has 1 aliphatic rings. The number of hydrogen-bond acceptors (Lipinski definition) is 3. The molecule has 1 aromatic carbocycles. The molecule has 1 fully saturated rings. The number of hydrogen-bond donors (Lipinski definition) is 3. The van der Waals surface area contributed by atoms with Crippen molar-refractivity contribution in [3.05, 3.63) is 29.3 Å². The third kappa shape index (κ3) is 3.36. The van der Waals surface area contributed by atoms with Crippen molar-refractivity contribution in [1.82, 2.24) is 5.32 Å². The van der Waals surface area contributed by atoms with Gasteiger partial charge in [0.25, 0.3) is 0 Å². The first-order valence-electron chi connectivity index (χ1n) is 6.73. The maximum Gasteiger partial charge on any atom is 0.313 e. The molecule has 0 aliphatic heterocycles. The first-order valence-corrected chi connectivity index (χ1v) is 6.73. The van der Waals surface area contributed by atoms with Gasteiger partial charge in [-0.15, -0.1) is 0 Å². The Morgan fingerprint density at radius 3 is 2.50 bits per heavy atom. The summed E-state index contributed by atoms with van der Waals surface area (Å²) in [6.07, 6.45) is 1.78. The second-order valence-electron chi connectivity index (χ2n) is 5.61. The van der Waals surface area contributed by atoms with Crippen molar-refractivity contribution < 1.29 is 14.7 Å². The lowest BCUT2D eigenvalue weighted by atomic mass is 10.1. The molecule has 108 valence electrons. The Labute approximate surface area is 118 Å². The monoisotopic (exact) mass is 276 g/mol. The molecule has 0 spiro atoms. The Bertz CT molecular complexity index is 536. The average Bonchev–Trinajstić information content (AvgIpc) is 3.20. The molecule has 0 bridgehead atoms. The molecule has 0 unspecified atom stereocenters. The lowest BCUT2D eigenvalue weighted by Crippen LogP contribution is -2.39. The van der Waals surface area contributed by atoms with Crippen molar-refractivity contribution in [3.8, 4) is 0 Å². The van der Waals surface area contributed by atoms with Gasteiger partial charge in [-0.05, 0) is 38.3 Å². The van der Waals surface area contributed by atoms with Gasteiger partial charge in [0.15, 0.2) is 0 Å². The smallest absolute Gasteiger partial charge is 0.313 e. The van der Waals surface area contributed by atoms with Gasteiger partial charge in [-0.25, -0.2) is 0 Å². The van der Waals surface area contributed by atoms with Crippen LogP contribution in [-0.2, 0) is 9.59 Å². The summed E-state index contributed by atoms with van der Waals surface area (Å²) >= 11 is 0. The van der Waals surface area contributed by atoms with Gasteiger partial charge in [-0.1, -0.05) is 17.7 Å². The van der Waals surface area contributed by atoms with Gasteiger partial charge in [0, 0.05) is 17.6 Å². The Hall–Kier alpha value is -1.88. The first kappa shape index (κ1) is 14.5. The SMILES string of the molecule is Cc1ccc(NC(=O)C(=O)NCC2(CO)CC2)c(C)c1. The highest BCUT2D eigenvalue weighted by atomic mass is 16.3. The van der Waals surface area contributed by atoms with E-state index in [9.17, 15) is 9.59 Å². The molecule has 2 amide bonds. The minimum absolute atomic E-state index is 0.0476. The quantitative estimate of drug-likeness (QED) is 0.721. The van der Waals surface area contributed by atoms with E-state index in [1.54, 1.807) is 6.07 Å². The highest BCUT2D eigenvalue weighted by Gasteiger charge is 2.42. The normalized spacial score (nSPS) is 15.6. The highest BCUT2D eigenvalue weighted by Crippen LogP contribution is 2.44. The highest BCUT2D eigenvalue weighted by molar-refractivity contribution is 6.39. The summed E-state index contributed by atoms with van der Waals surface area (Å²) in [6.45, 7) is 4.25. The maximum atomic E-state index is 11.8. The van der Waals surface area contributed by atoms with Crippen LogP contribution in [0, 0.1) is 19.3 Å². The Kier molecular flexibility index (Phi) is 4.09. The molecule has 0 heterocycles. The van der Waals surface area contributed by atoms with Gasteiger partial charge in [0.1, 0.15) is 0 Å². The van der Waals surface area contributed by atoms with Gasteiger partial charge >= 0.3 is 11.8 Å². The molecule has 3 N–H and O–H groups in total. The number of rotatable bonds is 4. The number of aliphatic hydroxyl groups excluding tert-OH is 1. The second kappa shape index (κ2) is 5.63. The van der Waals surface area contributed by atoms with Crippen molar-refractivity contribution in [1.29, 1.82) is 0 Å². The van der Waals surface area contributed by atoms with E-state index < -0.39 is 11.8 Å². The van der Waals surface area contributed by atoms with Crippen LogP contribution >= 0.6 is 0 Å². The lowest BCUT2D eigenvalue weighted by molar-refractivity contribution is -0.136. The average molecular weight is 276 g/mol. The molecule has 1 aromatic rings. The van der Waals surface area contributed by atoms with Crippen molar-refractivity contribution in [3.63, 3.8) is 0 Å². The largest absolute Gasteiger partial charge is 0.396 e. The molecule has 5 nitrogen and oxygen atoms in total. The van der Waals surface area contributed by atoms with Gasteiger partial charge in [0.2, 0.25) is 0 Å². The lowest BCUT2D eigenvalue weighted by Gasteiger charge is -2.13. The molecule has 2 rings (SSSR count). The fourth-order valence-electron chi connectivity index (χ4n) is 2.05. The van der Waals surface area contributed by atoms with E-state index in [1.807, 2.05) is 26.0 Å². The number of carbonyl (C=O) groups is 2. The molecule has 5 heteroatoms. The van der Waals surface area contributed by atoms with Gasteiger partial charge < -0.3 is 15.7 Å². The summed E-state index contributed by atoms with van der Waals surface area (Å²) < 4.78 is 0. The molecule has 0 atom stereocenters. The Balaban J connectivity index is 1.89. The number of nitrogens with one attached hydrogen (secondary N) is 2. The van der Waals surface area contributed by atoms with E-state index in [0.29, 0.717) is 12.2 Å². The zero-order valence-corrected chi connectivity index (χ0v) is 11.8. The van der Waals surface area contributed by atoms with E-state index in [-0.39, 0.29) is 12.0 Å². The number of amides is 2. The third-order valence-corrected chi connectivity index (χ3v) is 3.75. The first-order chi connectivity index (χ1) is 9.46. The molecular weight excluding hydrogens is 256 g/mol. The molecular formula is C15H20N2O3. The van der Waals surface area contributed by atoms with Crippen LogP contribution in [0.2, 0.25) is 0 Å². The minimum atomic E-state index is -0.675. The fraction of sp³-hybridized carbons (Fsp3) is 0.467. The number of benzene rings is 1. The van der Waals surface area contributed by atoms with Gasteiger partial charge in [-0.2, -0.15) is 0 Å². The van der Waals surface area contributed by atoms with Crippen molar-refractivity contribution in [2.75, 3.05) is 18.5 Å². The Morgan fingerprint density at radius 2 is 1.95 bits per heavy atom. The van der Waals surface area contributed by atoms with Crippen LogP contribution in [0.3, 0.4) is 0 Å². The van der Waals surface area contributed by atoms with Crippen molar-refractivity contribution >= 4 is 17.5 Å². The second-order valence-corrected chi connectivity index (χ2v) is 5.61. The van der Waals surface area contributed by atoms with Crippen LogP contribution in [0.1, 0.15) is 24.0 Å². The van der Waals surface area contributed by atoms with Crippen LogP contribution < -0.4 is 10.6 Å². The summed E-state index contributed by atoms with van der Waals surface area (Å²) in [7, 11) is 0. The molecule has 1 aliphatic carbocycles. The summed E-state index contributed by atoms with van der Waals surface area (Å²) in [6, 6.07) is 5.61. The zero-order valence-electron chi connectivity index (χ0n) is 11.8. The molecule has 0 radical (unpaired) electrons. The summed E-state index contributed by atoms with van der Waals surface area (Å²) in [5, 5.41) is 14.3. The number of carbonyl (C=O) groups excluding carboxylic acids is 2. The van der Waals surface area contributed by atoms with Crippen molar-refractivity contribution in [2.24, 2.45) is 5.41 Å². The molecule has 0 aromatic heterocycles. The van der Waals surface area contributed by atoms with Gasteiger partial charge in [-0.3, -0.25) is 9.59 Å². The van der Waals surface area contributed by atoms with E-state index >= 15 is 0 Å². The van der Waals surface area contributed by atoms with Crippen molar-refractivity contribution in [2.45, 2.75) is 26.7 Å². The summed E-state index contributed by atoms with van der Waals surface area (Å²) in [4.78, 5) is 23.5. The number of aryl methyl sites for hydroxylation is 2. The standard InChI is InChI=1S/C15H20N2O3/c1-10-3-4-12(11(2)7-10)17-14(20)13(19)16-8-15(9-18)5-6-15/h3-4,7,18H,5-6,8-9H2,1-2H3,(H,16,19)(H,17,20). The number of aliphatic hydroxyl groups is 1. The summed E-state index contributed by atoms with van der Waals surface area (Å²) in [5.41, 5.74) is 2.46. The zero-order chi connectivity index (χ0) is 14.8. The van der Waals surface area contributed by atoms with Crippen LogP contribution in [0.5, 0.6) is 0 Å². The van der Waals surface area contributed by atoms with Crippen LogP contribution in [-0.4, -0.2) is 30.1 Å². The fourth-order valence-corrected chi connectivity index (χ4v) is 2.05. The molecule has 1 saturated carbocycles. The predicted octanol–water partition coefficient (Wildman–Crippen LogP) is 1.13. The summed E-state index contributed by atoms with van der Waals surface area (Å²) in [5.74, 6) is -1.34. The third-order valence-electron chi connectivity index (χ3n) is 3.75. The Morgan fingerprint density at radius 1 is 1.25 bits per heavy atom. The van der Waals surface area contributed by atoms with E-state index in [4.69, 9.17) is 5.11 Å². The topological polar surface area (TPSA) is 78.4 Å². The van der Waals surface area contributed by atoms with E-state index in [0.717, 1.165) is 24.0 Å². The van der Waals surface area contributed by atoms with Crippen LogP contribution in [0.15, 0.2) is 18.2 Å². The van der Waals surface area contributed by atoms with Crippen LogP contribution in [0.25, 0.3) is 0 Å². The predicted molar refractivity (Wildman–Crippen MR) is 76.3 cm³/mol. The van der Waals surface area contributed by atoms with E-state index in [2.05, 4.69) is 10.6 Å². The maximum absolute atomic E-state index is 11.8.